The van der Waals surface area contributed by atoms with Gasteiger partial charge in [-0.1, -0.05) is 30.3 Å². The largest absolute Gasteiger partial charge is 0.462 e. The van der Waals surface area contributed by atoms with Crippen LogP contribution in [0.1, 0.15) is 34.0 Å². The van der Waals surface area contributed by atoms with Gasteiger partial charge in [-0.05, 0) is 61.6 Å². The zero-order valence-corrected chi connectivity index (χ0v) is 12.5. The van der Waals surface area contributed by atoms with Gasteiger partial charge in [0.25, 0.3) is 0 Å². The Bertz CT molecular complexity index is 622. The van der Waals surface area contributed by atoms with Gasteiger partial charge in [-0.2, -0.15) is 0 Å². The van der Waals surface area contributed by atoms with Crippen LogP contribution < -0.4 is 0 Å². The number of rotatable bonds is 3. The Kier molecular flexibility index (Phi) is 4.23. The molecule has 2 heteroatoms. The van der Waals surface area contributed by atoms with Crippen molar-refractivity contribution in [2.24, 2.45) is 0 Å². The molecule has 0 radical (unpaired) electrons. The fraction of sp³-hybridized carbons (Fsp3) is 0.278. The molecule has 0 spiro atoms. The molecular weight excluding hydrogens is 248 g/mol. The summed E-state index contributed by atoms with van der Waals surface area (Å²) in [6, 6.07) is 12.2. The van der Waals surface area contributed by atoms with Gasteiger partial charge >= 0.3 is 5.97 Å². The van der Waals surface area contributed by atoms with E-state index >= 15 is 0 Å². The standard InChI is InChI=1S/C18H20O2/c1-5-20-18(19)16-11-15(10-9-12(16)2)17-13(3)7-6-8-14(17)4/h6-11H,5H2,1-4H3. The molecule has 0 amide bonds. The molecule has 0 saturated heterocycles. The quantitative estimate of drug-likeness (QED) is 0.768. The molecule has 2 aromatic carbocycles. The van der Waals surface area contributed by atoms with E-state index in [2.05, 4.69) is 38.1 Å². The lowest BCUT2D eigenvalue weighted by atomic mass is 9.93. The lowest BCUT2D eigenvalue weighted by Crippen LogP contribution is -2.07. The van der Waals surface area contributed by atoms with Crippen LogP contribution in [0, 0.1) is 20.8 Å². The van der Waals surface area contributed by atoms with Crippen LogP contribution in [-0.2, 0) is 4.74 Å². The molecule has 20 heavy (non-hydrogen) atoms. The minimum atomic E-state index is -0.252. The third kappa shape index (κ3) is 2.74. The first-order chi connectivity index (χ1) is 9.54. The molecule has 0 saturated carbocycles. The van der Waals surface area contributed by atoms with E-state index < -0.39 is 0 Å². The van der Waals surface area contributed by atoms with Crippen molar-refractivity contribution in [1.29, 1.82) is 0 Å². The molecule has 2 aromatic rings. The van der Waals surface area contributed by atoms with Gasteiger partial charge in [0, 0.05) is 0 Å². The van der Waals surface area contributed by atoms with E-state index in [0.717, 1.165) is 11.1 Å². The Morgan fingerprint density at radius 1 is 1.00 bits per heavy atom. The van der Waals surface area contributed by atoms with Crippen molar-refractivity contribution in [3.63, 3.8) is 0 Å². The highest BCUT2D eigenvalue weighted by molar-refractivity contribution is 5.93. The maximum atomic E-state index is 12.0. The van der Waals surface area contributed by atoms with Crippen molar-refractivity contribution in [2.45, 2.75) is 27.7 Å². The summed E-state index contributed by atoms with van der Waals surface area (Å²) in [6.07, 6.45) is 0. The molecule has 0 aliphatic heterocycles. The molecule has 0 unspecified atom stereocenters. The molecule has 0 bridgehead atoms. The van der Waals surface area contributed by atoms with Gasteiger partial charge in [0.15, 0.2) is 0 Å². The number of carbonyl (C=O) groups excluding carboxylic acids is 1. The van der Waals surface area contributed by atoms with Crippen LogP contribution in [-0.4, -0.2) is 12.6 Å². The highest BCUT2D eigenvalue weighted by atomic mass is 16.5. The van der Waals surface area contributed by atoms with Crippen molar-refractivity contribution >= 4 is 5.97 Å². The van der Waals surface area contributed by atoms with Crippen LogP contribution in [0.4, 0.5) is 0 Å². The van der Waals surface area contributed by atoms with Crippen LogP contribution in [0.5, 0.6) is 0 Å². The third-order valence-electron chi connectivity index (χ3n) is 3.50. The smallest absolute Gasteiger partial charge is 0.338 e. The minimum absolute atomic E-state index is 0.252. The highest BCUT2D eigenvalue weighted by Crippen LogP contribution is 2.29. The van der Waals surface area contributed by atoms with Crippen LogP contribution in [0.15, 0.2) is 36.4 Å². The highest BCUT2D eigenvalue weighted by Gasteiger charge is 2.13. The lowest BCUT2D eigenvalue weighted by Gasteiger charge is -2.12. The monoisotopic (exact) mass is 268 g/mol. The Balaban J connectivity index is 2.54. The van der Waals surface area contributed by atoms with Crippen molar-refractivity contribution < 1.29 is 9.53 Å². The van der Waals surface area contributed by atoms with E-state index in [1.165, 1.54) is 16.7 Å². The normalized spacial score (nSPS) is 10.4. The zero-order chi connectivity index (χ0) is 14.7. The average Bonchev–Trinajstić information content (AvgIpc) is 2.40. The molecule has 0 atom stereocenters. The van der Waals surface area contributed by atoms with Crippen LogP contribution in [0.2, 0.25) is 0 Å². The zero-order valence-electron chi connectivity index (χ0n) is 12.5. The van der Waals surface area contributed by atoms with Crippen molar-refractivity contribution in [3.8, 4) is 11.1 Å². The molecule has 0 aliphatic rings. The Labute approximate surface area is 120 Å². The summed E-state index contributed by atoms with van der Waals surface area (Å²) in [5, 5.41) is 0. The molecule has 0 aromatic heterocycles. The summed E-state index contributed by atoms with van der Waals surface area (Å²) < 4.78 is 5.12. The fourth-order valence-electron chi connectivity index (χ4n) is 2.48. The summed E-state index contributed by atoms with van der Waals surface area (Å²) >= 11 is 0. The number of hydrogen-bond donors (Lipinski definition) is 0. The van der Waals surface area contributed by atoms with Gasteiger partial charge in [0.05, 0.1) is 12.2 Å². The van der Waals surface area contributed by atoms with Crippen molar-refractivity contribution in [3.05, 3.63) is 58.7 Å². The molecule has 104 valence electrons. The summed E-state index contributed by atoms with van der Waals surface area (Å²) in [6.45, 7) is 8.33. The molecule has 0 fully saturated rings. The Hall–Kier alpha value is -2.09. The third-order valence-corrected chi connectivity index (χ3v) is 3.50. The average molecular weight is 268 g/mol. The second-order valence-electron chi connectivity index (χ2n) is 5.02. The maximum absolute atomic E-state index is 12.0. The topological polar surface area (TPSA) is 26.3 Å². The van der Waals surface area contributed by atoms with E-state index in [4.69, 9.17) is 4.74 Å². The number of aryl methyl sites for hydroxylation is 3. The van der Waals surface area contributed by atoms with E-state index in [9.17, 15) is 4.79 Å². The number of carbonyl (C=O) groups is 1. The molecule has 2 nitrogen and oxygen atoms in total. The fourth-order valence-corrected chi connectivity index (χ4v) is 2.48. The number of hydrogen-bond acceptors (Lipinski definition) is 2. The Morgan fingerprint density at radius 3 is 2.25 bits per heavy atom. The second kappa shape index (κ2) is 5.91. The van der Waals surface area contributed by atoms with Gasteiger partial charge in [0.1, 0.15) is 0 Å². The van der Waals surface area contributed by atoms with E-state index in [1.54, 1.807) is 0 Å². The van der Waals surface area contributed by atoms with Gasteiger partial charge in [-0.15, -0.1) is 0 Å². The first-order valence-corrected chi connectivity index (χ1v) is 6.89. The summed E-state index contributed by atoms with van der Waals surface area (Å²) in [4.78, 5) is 12.0. The summed E-state index contributed by atoms with van der Waals surface area (Å²) in [5.74, 6) is -0.252. The summed E-state index contributed by atoms with van der Waals surface area (Å²) in [5.41, 5.74) is 6.27. The van der Waals surface area contributed by atoms with Gasteiger partial charge in [-0.25, -0.2) is 4.79 Å². The first-order valence-electron chi connectivity index (χ1n) is 6.89. The predicted molar refractivity (Wildman–Crippen MR) is 82.0 cm³/mol. The summed E-state index contributed by atoms with van der Waals surface area (Å²) in [7, 11) is 0. The van der Waals surface area contributed by atoms with E-state index in [1.807, 2.05) is 26.0 Å². The van der Waals surface area contributed by atoms with Crippen molar-refractivity contribution in [2.75, 3.05) is 6.61 Å². The second-order valence-corrected chi connectivity index (χ2v) is 5.02. The minimum Gasteiger partial charge on any atom is -0.462 e. The molecule has 0 N–H and O–H groups in total. The Morgan fingerprint density at radius 2 is 1.65 bits per heavy atom. The number of esters is 1. The van der Waals surface area contributed by atoms with Gasteiger partial charge in [-0.3, -0.25) is 0 Å². The van der Waals surface area contributed by atoms with Crippen LogP contribution in [0.3, 0.4) is 0 Å². The van der Waals surface area contributed by atoms with Crippen LogP contribution in [0.25, 0.3) is 11.1 Å². The SMILES string of the molecule is CCOC(=O)c1cc(-c2c(C)cccc2C)ccc1C. The van der Waals surface area contributed by atoms with E-state index in [0.29, 0.717) is 12.2 Å². The van der Waals surface area contributed by atoms with Gasteiger partial charge < -0.3 is 4.74 Å². The molecule has 0 heterocycles. The number of ether oxygens (including phenoxy) is 1. The van der Waals surface area contributed by atoms with E-state index in [-0.39, 0.29) is 5.97 Å². The molecule has 0 aliphatic carbocycles. The van der Waals surface area contributed by atoms with Gasteiger partial charge in [0.2, 0.25) is 0 Å². The molecule has 2 rings (SSSR count). The number of benzene rings is 2. The molecular formula is C18H20O2. The van der Waals surface area contributed by atoms with Crippen LogP contribution >= 0.6 is 0 Å². The first kappa shape index (κ1) is 14.3. The maximum Gasteiger partial charge on any atom is 0.338 e. The van der Waals surface area contributed by atoms with Crippen molar-refractivity contribution in [1.82, 2.24) is 0 Å². The lowest BCUT2D eigenvalue weighted by molar-refractivity contribution is 0.0525. The predicted octanol–water partition coefficient (Wildman–Crippen LogP) is 4.46.